The molecular weight excluding hydrogens is 533 g/mol. The number of ether oxygens (including phenoxy) is 2. The van der Waals surface area contributed by atoms with Gasteiger partial charge in [0.15, 0.2) is 23.2 Å². The minimum atomic E-state index is -4.79. The lowest BCUT2D eigenvalue weighted by Crippen LogP contribution is -2.29. The van der Waals surface area contributed by atoms with Crippen molar-refractivity contribution in [3.05, 3.63) is 45.0 Å². The molecule has 5 rings (SSSR count). The number of hydrogen-bond donors (Lipinski definition) is 6. The fourth-order valence-corrected chi connectivity index (χ4v) is 4.93. The number of aromatic nitrogens is 7. The number of phosphoric acid groups is 1. The molecule has 204 valence electrons. The predicted octanol–water partition coefficient (Wildman–Crippen LogP) is -1.59. The molecule has 38 heavy (non-hydrogen) atoms. The summed E-state index contributed by atoms with van der Waals surface area (Å²) in [6.45, 7) is -1.26. The number of rotatable bonds is 8. The second-order valence-electron chi connectivity index (χ2n) is 8.26. The van der Waals surface area contributed by atoms with Crippen molar-refractivity contribution < 1.29 is 38.2 Å². The summed E-state index contributed by atoms with van der Waals surface area (Å²) in [5, 5.41) is 19.9. The van der Waals surface area contributed by atoms with Gasteiger partial charge in [-0.15, -0.1) is 0 Å². The van der Waals surface area contributed by atoms with Gasteiger partial charge in [0.1, 0.15) is 43.5 Å². The normalized spacial score (nSPS) is 25.1. The molecule has 0 saturated carbocycles. The monoisotopic (exact) mass is 555 g/mol. The molecular formula is C18H22N9O10P. The van der Waals surface area contributed by atoms with Gasteiger partial charge in [-0.05, 0) is 0 Å². The molecule has 19 nitrogen and oxygen atoms in total. The number of nitrogens with zero attached hydrogens (tertiary/aromatic N) is 6. The Morgan fingerprint density at radius 2 is 1.95 bits per heavy atom. The summed E-state index contributed by atoms with van der Waals surface area (Å²) in [5.41, 5.74) is 9.74. The molecule has 3 aromatic rings. The average Bonchev–Trinajstić information content (AvgIpc) is 3.54. The van der Waals surface area contributed by atoms with Gasteiger partial charge < -0.3 is 36.0 Å². The highest BCUT2D eigenvalue weighted by atomic mass is 31.2. The fraction of sp³-hybridized carbons (Fsp3) is 0.444. The second-order valence-corrected chi connectivity index (χ2v) is 9.67. The van der Waals surface area contributed by atoms with Crippen LogP contribution in [-0.2, 0) is 23.1 Å². The molecule has 0 radical (unpaired) electrons. The molecule has 1 fully saturated rings. The van der Waals surface area contributed by atoms with Crippen molar-refractivity contribution in [3.63, 3.8) is 0 Å². The first-order valence-corrected chi connectivity index (χ1v) is 12.5. The van der Waals surface area contributed by atoms with Crippen LogP contribution in [0.15, 0.2) is 33.8 Å². The summed E-state index contributed by atoms with van der Waals surface area (Å²) >= 11 is 0. The van der Waals surface area contributed by atoms with E-state index in [0.29, 0.717) is 0 Å². The molecule has 2 unspecified atom stereocenters. The number of nitrogens with one attached hydrogen (secondary N) is 1. The number of aromatic amines is 1. The number of aliphatic hydroxyl groups is 2. The zero-order chi connectivity index (χ0) is 27.2. The Labute approximate surface area is 210 Å². The van der Waals surface area contributed by atoms with E-state index in [2.05, 4.69) is 24.9 Å². The van der Waals surface area contributed by atoms with E-state index in [1.807, 2.05) is 0 Å². The first kappa shape index (κ1) is 25.8. The number of phosphoric ester groups is 1. The number of nitrogens with two attached hydrogens (primary N) is 2. The van der Waals surface area contributed by atoms with Crippen molar-refractivity contribution in [2.45, 2.75) is 37.5 Å². The van der Waals surface area contributed by atoms with Crippen LogP contribution >= 0.6 is 7.82 Å². The van der Waals surface area contributed by atoms with Gasteiger partial charge in [0.25, 0.3) is 5.56 Å². The van der Waals surface area contributed by atoms with E-state index in [0.717, 1.165) is 10.9 Å². The van der Waals surface area contributed by atoms with Gasteiger partial charge in [-0.3, -0.25) is 28.0 Å². The topological polar surface area (TPSA) is 278 Å². The molecule has 3 aromatic heterocycles. The number of hydrogen-bond acceptors (Lipinski definition) is 15. The first-order chi connectivity index (χ1) is 18.0. The SMILES string of the molecule is Nc1ncn([C@H]2CC(OP(=O)(O)OCC3=C(O)C[C@H](n4cnc5c(=O)[nH]c(N)nc54)O3)[C@@H](CO)O2)c(=O)n1. The van der Waals surface area contributed by atoms with Gasteiger partial charge >= 0.3 is 13.5 Å². The molecule has 2 aliphatic rings. The van der Waals surface area contributed by atoms with Crippen molar-refractivity contribution in [1.82, 2.24) is 34.1 Å². The zero-order valence-corrected chi connectivity index (χ0v) is 20.2. The maximum atomic E-state index is 12.6. The van der Waals surface area contributed by atoms with Crippen LogP contribution in [0.3, 0.4) is 0 Å². The van der Waals surface area contributed by atoms with Gasteiger partial charge in [0.2, 0.25) is 11.9 Å². The standard InChI is InChI=1S/C18H22N9O10P/c19-16-22-6-27(18(31)25-16)12-2-8(9(3-28)35-12)37-38(32,33)34-4-10-7(29)1-11(36-10)26-5-21-13-14(26)23-17(20)24-15(13)30/h5-6,8-9,11-12,28-29H,1-4H2,(H,32,33)(H2,19,25,31)(H3,20,23,24,30)/t8?,9-,11-,12-/m1/s1. The van der Waals surface area contributed by atoms with E-state index < -0.39 is 56.9 Å². The Morgan fingerprint density at radius 3 is 2.68 bits per heavy atom. The lowest BCUT2D eigenvalue weighted by molar-refractivity contribution is -0.0469. The summed E-state index contributed by atoms with van der Waals surface area (Å²) in [7, 11) is -4.79. The summed E-state index contributed by atoms with van der Waals surface area (Å²) in [5.74, 6) is -0.838. The molecule has 2 aliphatic heterocycles. The second kappa shape index (κ2) is 9.78. The lowest BCUT2D eigenvalue weighted by Gasteiger charge is -2.20. The number of anilines is 2. The molecule has 20 heteroatoms. The van der Waals surface area contributed by atoms with E-state index in [4.69, 9.17) is 30.0 Å². The zero-order valence-electron chi connectivity index (χ0n) is 19.3. The van der Waals surface area contributed by atoms with Gasteiger partial charge in [0, 0.05) is 6.42 Å². The Kier molecular flexibility index (Phi) is 6.63. The van der Waals surface area contributed by atoms with E-state index in [9.17, 15) is 29.3 Å². The van der Waals surface area contributed by atoms with Crippen LogP contribution in [0.1, 0.15) is 25.3 Å². The highest BCUT2D eigenvalue weighted by molar-refractivity contribution is 7.47. The van der Waals surface area contributed by atoms with Crippen molar-refractivity contribution >= 4 is 30.9 Å². The molecule has 5 heterocycles. The number of aliphatic hydroxyl groups excluding tert-OH is 2. The van der Waals surface area contributed by atoms with Crippen molar-refractivity contribution in [1.29, 1.82) is 0 Å². The number of imidazole rings is 1. The Balaban J connectivity index is 1.23. The average molecular weight is 555 g/mol. The molecule has 0 aliphatic carbocycles. The van der Waals surface area contributed by atoms with E-state index >= 15 is 0 Å². The summed E-state index contributed by atoms with van der Waals surface area (Å²) in [6, 6.07) is 0. The van der Waals surface area contributed by atoms with E-state index in [1.54, 1.807) is 0 Å². The highest BCUT2D eigenvalue weighted by Crippen LogP contribution is 2.49. The molecule has 0 amide bonds. The highest BCUT2D eigenvalue weighted by Gasteiger charge is 2.42. The minimum absolute atomic E-state index is 0.00331. The van der Waals surface area contributed by atoms with Crippen LogP contribution in [0, 0.1) is 0 Å². The number of H-pyrrole nitrogens is 1. The quantitative estimate of drug-likeness (QED) is 0.171. The molecule has 1 saturated heterocycles. The third-order valence-corrected chi connectivity index (χ3v) is 6.77. The van der Waals surface area contributed by atoms with Crippen LogP contribution < -0.4 is 22.7 Å². The maximum absolute atomic E-state index is 12.6. The number of fused-ring (bicyclic) bond motifs is 1. The number of nitrogen functional groups attached to an aromatic ring is 2. The van der Waals surface area contributed by atoms with Crippen molar-refractivity contribution in [3.8, 4) is 0 Å². The lowest BCUT2D eigenvalue weighted by atomic mass is 10.2. The minimum Gasteiger partial charge on any atom is -0.508 e. The van der Waals surface area contributed by atoms with Crippen LogP contribution in [0.4, 0.5) is 11.9 Å². The third-order valence-electron chi connectivity index (χ3n) is 5.77. The van der Waals surface area contributed by atoms with Crippen LogP contribution in [0.2, 0.25) is 0 Å². The Hall–Kier alpha value is -3.87. The molecule has 0 spiro atoms. The summed E-state index contributed by atoms with van der Waals surface area (Å²) in [6.07, 6.45) is -1.97. The van der Waals surface area contributed by atoms with Crippen LogP contribution in [0.5, 0.6) is 0 Å². The van der Waals surface area contributed by atoms with E-state index in [1.165, 1.54) is 10.9 Å². The van der Waals surface area contributed by atoms with Gasteiger partial charge in [0.05, 0.1) is 13.0 Å². The van der Waals surface area contributed by atoms with Gasteiger partial charge in [-0.2, -0.15) is 9.97 Å². The van der Waals surface area contributed by atoms with E-state index in [-0.39, 0.29) is 47.4 Å². The molecule has 0 aromatic carbocycles. The summed E-state index contributed by atoms with van der Waals surface area (Å²) < 4.78 is 36.3. The molecule has 0 bridgehead atoms. The Bertz CT molecular complexity index is 1570. The van der Waals surface area contributed by atoms with Gasteiger partial charge in [-0.25, -0.2) is 19.3 Å². The summed E-state index contributed by atoms with van der Waals surface area (Å²) in [4.78, 5) is 51.8. The van der Waals surface area contributed by atoms with Crippen LogP contribution in [-0.4, -0.2) is 74.6 Å². The fourth-order valence-electron chi connectivity index (χ4n) is 4.02. The maximum Gasteiger partial charge on any atom is 0.472 e. The van der Waals surface area contributed by atoms with Gasteiger partial charge in [-0.1, -0.05) is 0 Å². The predicted molar refractivity (Wildman–Crippen MR) is 124 cm³/mol. The molecule has 5 atom stereocenters. The van der Waals surface area contributed by atoms with Crippen molar-refractivity contribution in [2.24, 2.45) is 0 Å². The third kappa shape index (κ3) is 4.97. The smallest absolute Gasteiger partial charge is 0.472 e. The Morgan fingerprint density at radius 1 is 1.18 bits per heavy atom. The largest absolute Gasteiger partial charge is 0.508 e. The first-order valence-electron chi connectivity index (χ1n) is 11.0. The molecule has 8 N–H and O–H groups in total. The van der Waals surface area contributed by atoms with Crippen LogP contribution in [0.25, 0.3) is 11.2 Å². The van der Waals surface area contributed by atoms with Crippen molar-refractivity contribution in [2.75, 3.05) is 24.7 Å².